The molecule has 0 fully saturated rings. The van der Waals surface area contributed by atoms with Crippen molar-refractivity contribution in [1.82, 2.24) is 9.97 Å². The third-order valence-corrected chi connectivity index (χ3v) is 3.52. The number of anilines is 1. The fraction of sp³-hybridized carbons (Fsp3) is 0.357. The van der Waals surface area contributed by atoms with Gasteiger partial charge in [0.2, 0.25) is 0 Å². The number of halogens is 3. The van der Waals surface area contributed by atoms with Gasteiger partial charge in [-0.25, -0.2) is 9.97 Å². The number of amides is 1. The average Bonchev–Trinajstić information content (AvgIpc) is 2.87. The Morgan fingerprint density at radius 2 is 1.91 bits per heavy atom. The van der Waals surface area contributed by atoms with E-state index in [-0.39, 0.29) is 11.2 Å². The van der Waals surface area contributed by atoms with Gasteiger partial charge < -0.3 is 5.32 Å². The molecule has 118 valence electrons. The second kappa shape index (κ2) is 5.68. The van der Waals surface area contributed by atoms with E-state index in [1.807, 2.05) is 20.8 Å². The molecule has 0 aromatic carbocycles. The van der Waals surface area contributed by atoms with Crippen LogP contribution < -0.4 is 5.32 Å². The molecule has 2 heterocycles. The number of carbonyl (C=O) groups excluding carboxylic acids is 1. The zero-order valence-corrected chi connectivity index (χ0v) is 13.0. The van der Waals surface area contributed by atoms with Crippen LogP contribution in [-0.2, 0) is 11.6 Å². The standard InChI is InChI=1S/C14H14F3N3OS/c1-13(2,3)12-18-5-4-10(20-12)19-11(21)8-6-22-7-9(8)14(15,16)17/h4-7H,1-3H3,(H,18,19,20,21). The Kier molecular flexibility index (Phi) is 4.23. The minimum atomic E-state index is -4.56. The van der Waals surface area contributed by atoms with Crippen molar-refractivity contribution in [3.63, 3.8) is 0 Å². The summed E-state index contributed by atoms with van der Waals surface area (Å²) in [7, 11) is 0. The number of carbonyl (C=O) groups is 1. The predicted octanol–water partition coefficient (Wildman–Crippen LogP) is 4.11. The summed E-state index contributed by atoms with van der Waals surface area (Å²) in [6.07, 6.45) is -3.10. The van der Waals surface area contributed by atoms with Crippen LogP contribution in [-0.4, -0.2) is 15.9 Å². The maximum atomic E-state index is 12.8. The number of rotatable bonds is 2. The van der Waals surface area contributed by atoms with Gasteiger partial charge in [-0.15, -0.1) is 0 Å². The summed E-state index contributed by atoms with van der Waals surface area (Å²) >= 11 is 0.826. The van der Waals surface area contributed by atoms with Crippen molar-refractivity contribution >= 4 is 23.1 Å². The molecule has 0 radical (unpaired) electrons. The second-order valence-corrected chi connectivity index (χ2v) is 6.41. The number of alkyl halides is 3. The van der Waals surface area contributed by atoms with Crippen molar-refractivity contribution < 1.29 is 18.0 Å². The molecule has 0 atom stereocenters. The third kappa shape index (κ3) is 3.62. The first kappa shape index (κ1) is 16.4. The molecule has 2 aromatic heterocycles. The first-order chi connectivity index (χ1) is 10.1. The van der Waals surface area contributed by atoms with Gasteiger partial charge in [0.1, 0.15) is 11.6 Å². The highest BCUT2D eigenvalue weighted by Crippen LogP contribution is 2.34. The molecule has 0 unspecified atom stereocenters. The number of nitrogens with one attached hydrogen (secondary N) is 1. The quantitative estimate of drug-likeness (QED) is 0.902. The van der Waals surface area contributed by atoms with Crippen LogP contribution in [0.25, 0.3) is 0 Å². The molecule has 0 aliphatic rings. The smallest absolute Gasteiger partial charge is 0.306 e. The molecule has 0 saturated heterocycles. The largest absolute Gasteiger partial charge is 0.417 e. The van der Waals surface area contributed by atoms with Crippen LogP contribution in [0, 0.1) is 0 Å². The number of hydrogen-bond acceptors (Lipinski definition) is 4. The Morgan fingerprint density at radius 3 is 2.50 bits per heavy atom. The summed E-state index contributed by atoms with van der Waals surface area (Å²) in [6, 6.07) is 1.44. The number of aromatic nitrogens is 2. The van der Waals surface area contributed by atoms with Crippen LogP contribution in [0.3, 0.4) is 0 Å². The fourth-order valence-corrected chi connectivity index (χ4v) is 2.50. The van der Waals surface area contributed by atoms with Gasteiger partial charge in [0.25, 0.3) is 5.91 Å². The van der Waals surface area contributed by atoms with Gasteiger partial charge in [-0.1, -0.05) is 20.8 Å². The summed E-state index contributed by atoms with van der Waals surface area (Å²) in [5.74, 6) is -0.178. The van der Waals surface area contributed by atoms with Crippen molar-refractivity contribution in [3.8, 4) is 0 Å². The Morgan fingerprint density at radius 1 is 1.23 bits per heavy atom. The van der Waals surface area contributed by atoms with Crippen LogP contribution in [0.15, 0.2) is 23.0 Å². The van der Waals surface area contributed by atoms with Gasteiger partial charge in [0, 0.05) is 22.4 Å². The minimum absolute atomic E-state index is 0.171. The van der Waals surface area contributed by atoms with Gasteiger partial charge >= 0.3 is 6.18 Å². The topological polar surface area (TPSA) is 54.9 Å². The second-order valence-electron chi connectivity index (χ2n) is 5.67. The average molecular weight is 329 g/mol. The maximum Gasteiger partial charge on any atom is 0.417 e. The first-order valence-electron chi connectivity index (χ1n) is 6.37. The van der Waals surface area contributed by atoms with Crippen LogP contribution >= 0.6 is 11.3 Å². The van der Waals surface area contributed by atoms with E-state index < -0.39 is 23.2 Å². The molecular formula is C14H14F3N3OS. The summed E-state index contributed by atoms with van der Waals surface area (Å²) in [4.78, 5) is 20.3. The van der Waals surface area contributed by atoms with E-state index in [2.05, 4.69) is 15.3 Å². The van der Waals surface area contributed by atoms with E-state index in [4.69, 9.17) is 0 Å². The molecule has 0 bridgehead atoms. The van der Waals surface area contributed by atoms with E-state index in [0.29, 0.717) is 5.82 Å². The van der Waals surface area contributed by atoms with Crippen molar-refractivity contribution in [2.24, 2.45) is 0 Å². The highest BCUT2D eigenvalue weighted by atomic mass is 32.1. The van der Waals surface area contributed by atoms with Crippen molar-refractivity contribution in [2.45, 2.75) is 32.4 Å². The SMILES string of the molecule is CC(C)(C)c1nccc(NC(=O)c2cscc2C(F)(F)F)n1. The Labute approximate surface area is 129 Å². The Balaban J connectivity index is 2.25. The molecule has 4 nitrogen and oxygen atoms in total. The third-order valence-electron chi connectivity index (χ3n) is 2.78. The summed E-state index contributed by atoms with van der Waals surface area (Å²) in [5.41, 5.74) is -1.69. The number of nitrogens with zero attached hydrogens (tertiary/aromatic N) is 2. The molecule has 2 rings (SSSR count). The van der Waals surface area contributed by atoms with Crippen molar-refractivity contribution in [3.05, 3.63) is 40.0 Å². The lowest BCUT2D eigenvalue weighted by atomic mass is 9.96. The highest BCUT2D eigenvalue weighted by molar-refractivity contribution is 7.08. The number of thiophene rings is 1. The Bertz CT molecular complexity index is 689. The van der Waals surface area contributed by atoms with Crippen molar-refractivity contribution in [2.75, 3.05) is 5.32 Å². The molecule has 2 aromatic rings. The van der Waals surface area contributed by atoms with Gasteiger partial charge in [-0.05, 0) is 6.07 Å². The summed E-state index contributed by atoms with van der Waals surface area (Å²) in [5, 5.41) is 4.47. The van der Waals surface area contributed by atoms with E-state index in [1.165, 1.54) is 17.6 Å². The molecule has 0 saturated carbocycles. The van der Waals surface area contributed by atoms with Gasteiger partial charge in [-0.2, -0.15) is 24.5 Å². The molecule has 0 aliphatic heterocycles. The van der Waals surface area contributed by atoms with Crippen LogP contribution in [0.5, 0.6) is 0 Å². The first-order valence-corrected chi connectivity index (χ1v) is 7.31. The molecule has 22 heavy (non-hydrogen) atoms. The maximum absolute atomic E-state index is 12.8. The monoisotopic (exact) mass is 329 g/mol. The van der Waals surface area contributed by atoms with Crippen LogP contribution in [0.1, 0.15) is 42.5 Å². The summed E-state index contributed by atoms with van der Waals surface area (Å²) in [6.45, 7) is 5.69. The van der Waals surface area contributed by atoms with Crippen LogP contribution in [0.4, 0.5) is 19.0 Å². The van der Waals surface area contributed by atoms with E-state index in [0.717, 1.165) is 16.7 Å². The fourth-order valence-electron chi connectivity index (χ4n) is 1.67. The zero-order chi connectivity index (χ0) is 16.5. The molecule has 0 spiro atoms. The normalized spacial score (nSPS) is 12.3. The van der Waals surface area contributed by atoms with Gasteiger partial charge in [-0.3, -0.25) is 4.79 Å². The molecule has 1 amide bonds. The van der Waals surface area contributed by atoms with E-state index in [9.17, 15) is 18.0 Å². The highest BCUT2D eigenvalue weighted by Gasteiger charge is 2.36. The molecule has 1 N–H and O–H groups in total. The minimum Gasteiger partial charge on any atom is -0.306 e. The lowest BCUT2D eigenvalue weighted by Crippen LogP contribution is -2.20. The lowest BCUT2D eigenvalue weighted by molar-refractivity contribution is -0.137. The molecular weight excluding hydrogens is 315 g/mol. The van der Waals surface area contributed by atoms with E-state index >= 15 is 0 Å². The Hall–Kier alpha value is -1.96. The lowest BCUT2D eigenvalue weighted by Gasteiger charge is -2.17. The predicted molar refractivity (Wildman–Crippen MR) is 78.0 cm³/mol. The van der Waals surface area contributed by atoms with E-state index in [1.54, 1.807) is 0 Å². The van der Waals surface area contributed by atoms with Gasteiger partial charge in [0.15, 0.2) is 0 Å². The van der Waals surface area contributed by atoms with Crippen molar-refractivity contribution in [1.29, 1.82) is 0 Å². The van der Waals surface area contributed by atoms with Crippen LogP contribution in [0.2, 0.25) is 0 Å². The molecule has 0 aliphatic carbocycles. The van der Waals surface area contributed by atoms with Gasteiger partial charge in [0.05, 0.1) is 11.1 Å². The zero-order valence-electron chi connectivity index (χ0n) is 12.2. The number of hydrogen-bond donors (Lipinski definition) is 1. The molecule has 8 heteroatoms. The summed E-state index contributed by atoms with van der Waals surface area (Å²) < 4.78 is 38.4.